The lowest BCUT2D eigenvalue weighted by Gasteiger charge is -2.20. The van der Waals surface area contributed by atoms with Crippen molar-refractivity contribution in [2.45, 2.75) is 33.3 Å². The van der Waals surface area contributed by atoms with Crippen LogP contribution in [0.1, 0.15) is 36.7 Å². The van der Waals surface area contributed by atoms with Gasteiger partial charge in [0.1, 0.15) is 16.2 Å². The van der Waals surface area contributed by atoms with Crippen LogP contribution in [0.5, 0.6) is 0 Å². The zero-order chi connectivity index (χ0) is 14.9. The summed E-state index contributed by atoms with van der Waals surface area (Å²) < 4.78 is 5.45. The normalized spacial score (nSPS) is 11.4. The molecule has 2 aromatic rings. The number of thiophene rings is 1. The van der Waals surface area contributed by atoms with Crippen LogP contribution in [-0.2, 0) is 4.74 Å². The average molecular weight is 289 g/mol. The van der Waals surface area contributed by atoms with Gasteiger partial charge >= 0.3 is 5.97 Å². The van der Waals surface area contributed by atoms with E-state index in [1.807, 2.05) is 57.3 Å². The van der Waals surface area contributed by atoms with Gasteiger partial charge in [-0.15, -0.1) is 11.3 Å². The molecule has 2 N–H and O–H groups in total. The molecule has 0 unspecified atom stereocenters. The minimum Gasteiger partial charge on any atom is -0.456 e. The predicted molar refractivity (Wildman–Crippen MR) is 84.1 cm³/mol. The molecule has 0 saturated carbocycles. The van der Waals surface area contributed by atoms with Gasteiger partial charge in [0.2, 0.25) is 0 Å². The Morgan fingerprint density at radius 3 is 2.45 bits per heavy atom. The van der Waals surface area contributed by atoms with Crippen LogP contribution in [0.2, 0.25) is 0 Å². The quantitative estimate of drug-likeness (QED) is 0.840. The molecule has 106 valence electrons. The average Bonchev–Trinajstić information content (AvgIpc) is 2.69. The minimum absolute atomic E-state index is 0.366. The van der Waals surface area contributed by atoms with Crippen LogP contribution in [0.4, 0.5) is 5.00 Å². The van der Waals surface area contributed by atoms with Crippen molar-refractivity contribution < 1.29 is 9.53 Å². The van der Waals surface area contributed by atoms with Gasteiger partial charge in [-0.25, -0.2) is 4.79 Å². The van der Waals surface area contributed by atoms with E-state index in [2.05, 4.69) is 0 Å². The van der Waals surface area contributed by atoms with Crippen LogP contribution in [0.25, 0.3) is 11.1 Å². The van der Waals surface area contributed by atoms with Crippen molar-refractivity contribution in [3.63, 3.8) is 0 Å². The van der Waals surface area contributed by atoms with Crippen LogP contribution < -0.4 is 5.73 Å². The van der Waals surface area contributed by atoms with E-state index in [1.54, 1.807) is 0 Å². The van der Waals surface area contributed by atoms with E-state index in [-0.39, 0.29) is 5.97 Å². The van der Waals surface area contributed by atoms with Crippen LogP contribution in [0, 0.1) is 6.92 Å². The van der Waals surface area contributed by atoms with E-state index in [9.17, 15) is 4.79 Å². The van der Waals surface area contributed by atoms with Crippen molar-refractivity contribution in [2.75, 3.05) is 5.73 Å². The van der Waals surface area contributed by atoms with Gasteiger partial charge in [0.15, 0.2) is 0 Å². The van der Waals surface area contributed by atoms with Gasteiger partial charge in [0, 0.05) is 10.9 Å². The summed E-state index contributed by atoms with van der Waals surface area (Å²) >= 11 is 1.37. The lowest BCUT2D eigenvalue weighted by Crippen LogP contribution is -2.24. The highest BCUT2D eigenvalue weighted by molar-refractivity contribution is 7.15. The number of nitrogen functional groups attached to an aromatic ring is 1. The van der Waals surface area contributed by atoms with Crippen LogP contribution in [-0.4, -0.2) is 11.6 Å². The van der Waals surface area contributed by atoms with E-state index >= 15 is 0 Å². The molecular weight excluding hydrogens is 270 g/mol. The molecule has 0 saturated heterocycles. The highest BCUT2D eigenvalue weighted by Crippen LogP contribution is 2.36. The second-order valence-electron chi connectivity index (χ2n) is 5.71. The maximum Gasteiger partial charge on any atom is 0.342 e. The molecule has 0 aliphatic heterocycles. The Morgan fingerprint density at radius 2 is 1.85 bits per heavy atom. The monoisotopic (exact) mass is 289 g/mol. The lowest BCUT2D eigenvalue weighted by molar-refractivity contribution is 0.00722. The second-order valence-corrected chi connectivity index (χ2v) is 6.62. The first-order valence-corrected chi connectivity index (χ1v) is 7.34. The summed E-state index contributed by atoms with van der Waals surface area (Å²) in [7, 11) is 0. The fourth-order valence-corrected chi connectivity index (χ4v) is 2.79. The number of nitrogens with two attached hydrogens (primary N) is 1. The molecule has 0 radical (unpaired) electrons. The molecule has 0 aliphatic carbocycles. The van der Waals surface area contributed by atoms with Crippen molar-refractivity contribution in [2.24, 2.45) is 0 Å². The fourth-order valence-electron chi connectivity index (χ4n) is 1.99. The fraction of sp³-hybridized carbons (Fsp3) is 0.312. The highest BCUT2D eigenvalue weighted by atomic mass is 32.1. The molecule has 1 aromatic carbocycles. The van der Waals surface area contributed by atoms with Gasteiger partial charge in [-0.3, -0.25) is 0 Å². The summed E-state index contributed by atoms with van der Waals surface area (Å²) in [5.74, 6) is -0.366. The Hall–Kier alpha value is -1.81. The number of carbonyl (C=O) groups is 1. The maximum absolute atomic E-state index is 12.4. The molecule has 0 bridgehead atoms. The molecule has 4 heteroatoms. The Balaban J connectivity index is 2.48. The number of ether oxygens (including phenoxy) is 1. The van der Waals surface area contributed by atoms with Crippen molar-refractivity contribution in [1.82, 2.24) is 0 Å². The topological polar surface area (TPSA) is 52.3 Å². The number of carbonyl (C=O) groups excluding carboxylic acids is 1. The zero-order valence-corrected chi connectivity index (χ0v) is 13.0. The number of aryl methyl sites for hydroxylation is 1. The summed E-state index contributed by atoms with van der Waals surface area (Å²) in [5.41, 5.74) is 8.87. The van der Waals surface area contributed by atoms with Crippen LogP contribution in [0.15, 0.2) is 29.6 Å². The summed E-state index contributed by atoms with van der Waals surface area (Å²) in [5, 5.41) is 2.41. The Bertz CT molecular complexity index is 638. The SMILES string of the molecule is Cc1ccccc1-c1csc(N)c1C(=O)OC(C)(C)C. The third-order valence-electron chi connectivity index (χ3n) is 2.86. The van der Waals surface area contributed by atoms with Crippen molar-refractivity contribution in [3.8, 4) is 11.1 Å². The third kappa shape index (κ3) is 3.02. The van der Waals surface area contributed by atoms with Crippen LogP contribution in [0.3, 0.4) is 0 Å². The molecule has 0 fully saturated rings. The number of benzene rings is 1. The van der Waals surface area contributed by atoms with Gasteiger partial charge < -0.3 is 10.5 Å². The van der Waals surface area contributed by atoms with Gasteiger partial charge in [0.05, 0.1) is 0 Å². The van der Waals surface area contributed by atoms with E-state index < -0.39 is 5.60 Å². The molecule has 1 aromatic heterocycles. The molecule has 3 nitrogen and oxygen atoms in total. The molecule has 1 heterocycles. The Kier molecular flexibility index (Phi) is 3.86. The molecular formula is C16H19NO2S. The summed E-state index contributed by atoms with van der Waals surface area (Å²) in [4.78, 5) is 12.4. The molecule has 0 aliphatic rings. The van der Waals surface area contributed by atoms with Gasteiger partial charge in [-0.2, -0.15) is 0 Å². The summed E-state index contributed by atoms with van der Waals surface area (Å²) in [6.45, 7) is 7.56. The number of hydrogen-bond donors (Lipinski definition) is 1. The van der Waals surface area contributed by atoms with E-state index in [1.165, 1.54) is 11.3 Å². The van der Waals surface area contributed by atoms with E-state index in [0.717, 1.165) is 16.7 Å². The molecule has 0 amide bonds. The van der Waals surface area contributed by atoms with E-state index in [4.69, 9.17) is 10.5 Å². The number of anilines is 1. The summed E-state index contributed by atoms with van der Waals surface area (Å²) in [6.07, 6.45) is 0. The molecule has 20 heavy (non-hydrogen) atoms. The van der Waals surface area contributed by atoms with Crippen molar-refractivity contribution in [1.29, 1.82) is 0 Å². The first kappa shape index (κ1) is 14.6. The minimum atomic E-state index is -0.533. The van der Waals surface area contributed by atoms with Crippen molar-refractivity contribution >= 4 is 22.3 Å². The molecule has 2 rings (SSSR count). The van der Waals surface area contributed by atoms with Crippen LogP contribution >= 0.6 is 11.3 Å². The Morgan fingerprint density at radius 1 is 1.20 bits per heavy atom. The van der Waals surface area contributed by atoms with Gasteiger partial charge in [-0.05, 0) is 38.8 Å². The van der Waals surface area contributed by atoms with Gasteiger partial charge in [0.25, 0.3) is 0 Å². The predicted octanol–water partition coefficient (Wildman–Crippen LogP) is 4.26. The lowest BCUT2D eigenvalue weighted by atomic mass is 9.99. The van der Waals surface area contributed by atoms with Crippen molar-refractivity contribution in [3.05, 3.63) is 40.8 Å². The number of esters is 1. The third-order valence-corrected chi connectivity index (χ3v) is 3.67. The highest BCUT2D eigenvalue weighted by Gasteiger charge is 2.25. The smallest absolute Gasteiger partial charge is 0.342 e. The summed E-state index contributed by atoms with van der Waals surface area (Å²) in [6, 6.07) is 7.93. The molecule has 0 atom stereocenters. The standard InChI is InChI=1S/C16H19NO2S/c1-10-7-5-6-8-11(10)12-9-20-14(17)13(12)15(18)19-16(2,3)4/h5-9H,17H2,1-4H3. The molecule has 0 spiro atoms. The first-order valence-electron chi connectivity index (χ1n) is 6.46. The van der Waals surface area contributed by atoms with Gasteiger partial charge in [-0.1, -0.05) is 24.3 Å². The largest absolute Gasteiger partial charge is 0.456 e. The first-order chi connectivity index (χ1) is 9.29. The number of hydrogen-bond acceptors (Lipinski definition) is 4. The maximum atomic E-state index is 12.4. The number of rotatable bonds is 2. The second kappa shape index (κ2) is 5.29. The Labute approximate surface area is 123 Å². The zero-order valence-electron chi connectivity index (χ0n) is 12.2. The van der Waals surface area contributed by atoms with E-state index in [0.29, 0.717) is 10.6 Å².